The molecule has 1 aromatic heterocycles. The number of thioether (sulfide) groups is 1. The summed E-state index contributed by atoms with van der Waals surface area (Å²) in [6.45, 7) is 2.19. The predicted octanol–water partition coefficient (Wildman–Crippen LogP) is 2.24. The predicted molar refractivity (Wildman–Crippen MR) is 137 cm³/mol. The van der Waals surface area contributed by atoms with Crippen LogP contribution in [-0.2, 0) is 14.6 Å². The second-order valence-corrected chi connectivity index (χ2v) is 11.5. The summed E-state index contributed by atoms with van der Waals surface area (Å²) in [6, 6.07) is 8.94. The lowest BCUT2D eigenvalue weighted by molar-refractivity contribution is -0.129. The summed E-state index contributed by atoms with van der Waals surface area (Å²) >= 11 is 1.09. The lowest BCUT2D eigenvalue weighted by Crippen LogP contribution is -2.42. The molecular formula is C24H27N3O7S2. The molecule has 192 valence electrons. The van der Waals surface area contributed by atoms with Crippen molar-refractivity contribution in [3.8, 4) is 22.9 Å². The van der Waals surface area contributed by atoms with Crippen LogP contribution in [-0.4, -0.2) is 77.9 Å². The van der Waals surface area contributed by atoms with Gasteiger partial charge < -0.3 is 19.5 Å². The molecule has 36 heavy (non-hydrogen) atoms. The molecule has 0 bridgehead atoms. The number of aromatic nitrogens is 2. The summed E-state index contributed by atoms with van der Waals surface area (Å²) < 4.78 is 35.9. The molecule has 1 N–H and O–H groups in total. The highest BCUT2D eigenvalue weighted by Gasteiger charge is 2.34. The van der Waals surface area contributed by atoms with Gasteiger partial charge in [-0.15, -0.1) is 0 Å². The molecule has 1 amide bonds. The van der Waals surface area contributed by atoms with E-state index in [1.807, 2.05) is 6.92 Å². The molecular weight excluding hydrogens is 506 g/mol. The first-order chi connectivity index (χ1) is 17.2. The number of carbonyl (C=O) groups excluding carboxylic acids is 1. The zero-order valence-electron chi connectivity index (χ0n) is 20.1. The topological polar surface area (TPSA) is 128 Å². The van der Waals surface area contributed by atoms with Gasteiger partial charge in [0, 0.05) is 18.7 Å². The number of nitrogens with zero attached hydrogens (tertiary/aromatic N) is 3. The molecule has 1 fully saturated rings. The molecule has 0 radical (unpaired) electrons. The molecule has 0 unspecified atom stereocenters. The zero-order chi connectivity index (χ0) is 26.0. The van der Waals surface area contributed by atoms with Crippen LogP contribution in [0.25, 0.3) is 16.6 Å². The molecule has 2 heterocycles. The van der Waals surface area contributed by atoms with Crippen LogP contribution in [0.3, 0.4) is 0 Å². The van der Waals surface area contributed by atoms with E-state index in [9.17, 15) is 23.1 Å². The normalized spacial score (nSPS) is 16.7. The van der Waals surface area contributed by atoms with Gasteiger partial charge in [0.05, 0.1) is 48.1 Å². The SMILES string of the molecule is CCN(C(=O)CSc1nc2ccc(O)cc2c(=O)n1-c1ccc(OC)c(OC)c1)[C@H]1CCS(=O)(=O)C1. The van der Waals surface area contributed by atoms with E-state index < -0.39 is 15.4 Å². The fraction of sp³-hybridized carbons (Fsp3) is 0.375. The van der Waals surface area contributed by atoms with Gasteiger partial charge >= 0.3 is 0 Å². The first kappa shape index (κ1) is 25.8. The molecule has 1 saturated heterocycles. The Labute approximate surface area is 212 Å². The fourth-order valence-electron chi connectivity index (χ4n) is 4.31. The summed E-state index contributed by atoms with van der Waals surface area (Å²) in [7, 11) is -0.151. The van der Waals surface area contributed by atoms with Crippen molar-refractivity contribution in [3.05, 3.63) is 46.8 Å². The number of hydrogen-bond acceptors (Lipinski definition) is 9. The average Bonchev–Trinajstić information content (AvgIpc) is 3.22. The third kappa shape index (κ3) is 5.14. The minimum absolute atomic E-state index is 0.0340. The number of ether oxygens (including phenoxy) is 2. The number of phenolic OH excluding ortho intramolecular Hbond substituents is 1. The third-order valence-corrected chi connectivity index (χ3v) is 8.75. The van der Waals surface area contributed by atoms with Crippen molar-refractivity contribution in [2.45, 2.75) is 24.5 Å². The Bertz CT molecular complexity index is 1470. The Kier molecular flexibility index (Phi) is 7.46. The standard InChI is InChI=1S/C24H27N3O7S2/c1-4-26(16-9-10-36(31,32)14-16)22(29)13-35-24-25-19-7-6-17(28)12-18(19)23(30)27(24)15-5-8-20(33-2)21(11-15)34-3/h5-8,11-12,16,28H,4,9-10,13-14H2,1-3H3/t16-/m0/s1. The van der Waals surface area contributed by atoms with Gasteiger partial charge in [0.2, 0.25) is 5.91 Å². The van der Waals surface area contributed by atoms with Crippen LogP contribution in [0.1, 0.15) is 13.3 Å². The van der Waals surface area contributed by atoms with Crippen LogP contribution < -0.4 is 15.0 Å². The van der Waals surface area contributed by atoms with Crippen molar-refractivity contribution in [1.82, 2.24) is 14.5 Å². The fourth-order valence-corrected chi connectivity index (χ4v) is 6.94. The van der Waals surface area contributed by atoms with Crippen LogP contribution in [0, 0.1) is 0 Å². The van der Waals surface area contributed by atoms with E-state index in [0.29, 0.717) is 35.7 Å². The van der Waals surface area contributed by atoms with E-state index in [4.69, 9.17) is 9.47 Å². The zero-order valence-corrected chi connectivity index (χ0v) is 21.8. The van der Waals surface area contributed by atoms with Gasteiger partial charge in [-0.05, 0) is 43.7 Å². The van der Waals surface area contributed by atoms with Crippen LogP contribution in [0.15, 0.2) is 46.3 Å². The molecule has 1 aliphatic rings. The third-order valence-electron chi connectivity index (χ3n) is 6.08. The van der Waals surface area contributed by atoms with Crippen molar-refractivity contribution in [2.24, 2.45) is 0 Å². The Hall–Kier alpha value is -3.25. The maximum Gasteiger partial charge on any atom is 0.266 e. The van der Waals surface area contributed by atoms with E-state index in [2.05, 4.69) is 4.98 Å². The van der Waals surface area contributed by atoms with Gasteiger partial charge in [-0.1, -0.05) is 11.8 Å². The van der Waals surface area contributed by atoms with E-state index in [0.717, 1.165) is 11.8 Å². The molecule has 1 atom stereocenters. The maximum atomic E-state index is 13.5. The molecule has 0 saturated carbocycles. The van der Waals surface area contributed by atoms with E-state index >= 15 is 0 Å². The number of fused-ring (bicyclic) bond motifs is 1. The number of methoxy groups -OCH3 is 2. The average molecular weight is 534 g/mol. The number of benzene rings is 2. The summed E-state index contributed by atoms with van der Waals surface area (Å²) in [5.41, 5.74) is 0.394. The molecule has 1 aliphatic heterocycles. The minimum atomic E-state index is -3.14. The lowest BCUT2D eigenvalue weighted by atomic mass is 10.2. The monoisotopic (exact) mass is 533 g/mol. The van der Waals surface area contributed by atoms with Crippen molar-refractivity contribution in [3.63, 3.8) is 0 Å². The highest BCUT2D eigenvalue weighted by molar-refractivity contribution is 7.99. The van der Waals surface area contributed by atoms with Crippen LogP contribution in [0.4, 0.5) is 0 Å². The van der Waals surface area contributed by atoms with Crippen molar-refractivity contribution < 1.29 is 27.8 Å². The number of hydrogen-bond donors (Lipinski definition) is 1. The van der Waals surface area contributed by atoms with Gasteiger partial charge in [0.15, 0.2) is 26.5 Å². The number of rotatable bonds is 8. The van der Waals surface area contributed by atoms with Crippen LogP contribution >= 0.6 is 11.8 Å². The molecule has 0 aliphatic carbocycles. The summed E-state index contributed by atoms with van der Waals surface area (Å²) in [6.07, 6.45) is 0.417. The van der Waals surface area contributed by atoms with Gasteiger partial charge in [-0.25, -0.2) is 13.4 Å². The van der Waals surface area contributed by atoms with Gasteiger partial charge in [-0.3, -0.25) is 14.2 Å². The Morgan fingerprint density at radius 1 is 1.19 bits per heavy atom. The van der Waals surface area contributed by atoms with Crippen LogP contribution in [0.5, 0.6) is 17.2 Å². The highest BCUT2D eigenvalue weighted by Crippen LogP contribution is 2.31. The second kappa shape index (κ2) is 10.4. The molecule has 2 aromatic carbocycles. The number of sulfone groups is 1. The Balaban J connectivity index is 1.73. The molecule has 12 heteroatoms. The largest absolute Gasteiger partial charge is 0.508 e. The van der Waals surface area contributed by atoms with Crippen LogP contribution in [0.2, 0.25) is 0 Å². The minimum Gasteiger partial charge on any atom is -0.508 e. The summed E-state index contributed by atoms with van der Waals surface area (Å²) in [5.74, 6) is 0.593. The van der Waals surface area contributed by atoms with Crippen molar-refractivity contribution >= 4 is 38.4 Å². The smallest absolute Gasteiger partial charge is 0.266 e. The molecule has 3 aromatic rings. The number of phenols is 1. The molecule has 4 rings (SSSR count). The maximum absolute atomic E-state index is 13.5. The number of amides is 1. The molecule has 10 nitrogen and oxygen atoms in total. The first-order valence-corrected chi connectivity index (χ1v) is 14.1. The van der Waals surface area contributed by atoms with E-state index in [-0.39, 0.29) is 45.5 Å². The number of aromatic hydroxyl groups is 1. The summed E-state index contributed by atoms with van der Waals surface area (Å²) in [5, 5.41) is 10.4. The van der Waals surface area contributed by atoms with E-state index in [1.54, 1.807) is 29.2 Å². The number of carbonyl (C=O) groups is 1. The van der Waals surface area contributed by atoms with Gasteiger partial charge in [0.25, 0.3) is 5.56 Å². The highest BCUT2D eigenvalue weighted by atomic mass is 32.2. The lowest BCUT2D eigenvalue weighted by Gasteiger charge is -2.26. The summed E-state index contributed by atoms with van der Waals surface area (Å²) in [4.78, 5) is 32.8. The molecule has 0 spiro atoms. The van der Waals surface area contributed by atoms with Crippen molar-refractivity contribution in [2.75, 3.05) is 38.0 Å². The van der Waals surface area contributed by atoms with Gasteiger partial charge in [0.1, 0.15) is 5.75 Å². The Morgan fingerprint density at radius 2 is 1.94 bits per heavy atom. The second-order valence-electron chi connectivity index (χ2n) is 8.30. The first-order valence-electron chi connectivity index (χ1n) is 11.3. The van der Waals surface area contributed by atoms with Crippen molar-refractivity contribution in [1.29, 1.82) is 0 Å². The quantitative estimate of drug-likeness (QED) is 0.342. The van der Waals surface area contributed by atoms with E-state index in [1.165, 1.54) is 30.9 Å². The Morgan fingerprint density at radius 3 is 2.58 bits per heavy atom. The van der Waals surface area contributed by atoms with Gasteiger partial charge in [-0.2, -0.15) is 0 Å².